The lowest BCUT2D eigenvalue weighted by atomic mass is 9.67. The number of rotatable bonds is 5. The number of hydrogen-bond acceptors (Lipinski definition) is 5. The number of likely N-dealkylation sites (tertiary alicyclic amines) is 1. The maximum Gasteiger partial charge on any atom is 0.233 e. The Balaban J connectivity index is 1.39. The van der Waals surface area contributed by atoms with Gasteiger partial charge in [-0.25, -0.2) is 4.98 Å². The molecule has 1 aromatic rings. The summed E-state index contributed by atoms with van der Waals surface area (Å²) in [4.78, 5) is 33.1. The highest BCUT2D eigenvalue weighted by Gasteiger charge is 2.52. The maximum absolute atomic E-state index is 13.3. The third-order valence-corrected chi connectivity index (χ3v) is 6.70. The monoisotopic (exact) mass is 401 g/mol. The molecule has 2 aliphatic heterocycles. The third-order valence-electron chi connectivity index (χ3n) is 6.70. The van der Waals surface area contributed by atoms with Gasteiger partial charge in [0.2, 0.25) is 17.7 Å². The second-order valence-electron chi connectivity index (χ2n) is 9.15. The van der Waals surface area contributed by atoms with Crippen LogP contribution >= 0.6 is 0 Å². The van der Waals surface area contributed by atoms with E-state index >= 15 is 0 Å². The summed E-state index contributed by atoms with van der Waals surface area (Å²) >= 11 is 0. The van der Waals surface area contributed by atoms with E-state index in [-0.39, 0.29) is 17.9 Å². The summed E-state index contributed by atoms with van der Waals surface area (Å²) < 4.78 is 5.58. The Kier molecular flexibility index (Phi) is 5.27. The first-order valence-electron chi connectivity index (χ1n) is 10.8. The summed E-state index contributed by atoms with van der Waals surface area (Å²) in [6, 6.07) is 3.69. The van der Waals surface area contributed by atoms with Crippen molar-refractivity contribution in [1.82, 2.24) is 9.88 Å². The van der Waals surface area contributed by atoms with Gasteiger partial charge in [-0.15, -0.1) is 0 Å². The molecule has 3 aliphatic rings. The first kappa shape index (κ1) is 20.1. The van der Waals surface area contributed by atoms with E-state index < -0.39 is 11.0 Å². The molecule has 2 saturated heterocycles. The molecule has 29 heavy (non-hydrogen) atoms. The van der Waals surface area contributed by atoms with Gasteiger partial charge in [0.25, 0.3) is 0 Å². The highest BCUT2D eigenvalue weighted by Crippen LogP contribution is 2.48. The summed E-state index contributed by atoms with van der Waals surface area (Å²) in [6.45, 7) is 5.72. The average Bonchev–Trinajstić information content (AvgIpc) is 3.22. The van der Waals surface area contributed by atoms with Crippen molar-refractivity contribution in [1.29, 1.82) is 0 Å². The van der Waals surface area contributed by atoms with E-state index in [4.69, 9.17) is 4.74 Å². The highest BCUT2D eigenvalue weighted by molar-refractivity contribution is 5.99. The van der Waals surface area contributed by atoms with E-state index in [1.165, 1.54) is 0 Å². The summed E-state index contributed by atoms with van der Waals surface area (Å²) in [6.07, 6.45) is 6.49. The van der Waals surface area contributed by atoms with Crippen molar-refractivity contribution >= 4 is 17.5 Å². The first-order valence-corrected chi connectivity index (χ1v) is 10.8. The van der Waals surface area contributed by atoms with Crippen LogP contribution in [0.1, 0.15) is 58.8 Å². The smallest absolute Gasteiger partial charge is 0.233 e. The van der Waals surface area contributed by atoms with Gasteiger partial charge in [0.15, 0.2) is 0 Å². The zero-order chi connectivity index (χ0) is 20.6. The average molecular weight is 402 g/mol. The standard InChI is InChI=1S/C22H31N3O4/c1-16(2)29-18-6-5-17(14-23-18)25-13-11-21(20(25)27)7-9-22(28,10-8-21)15-24-12-3-4-19(24)26/h5-6,14,16,28H,3-4,7-13,15H2,1-2H3. The molecular weight excluding hydrogens is 370 g/mol. The largest absolute Gasteiger partial charge is 0.475 e. The molecule has 1 saturated carbocycles. The molecule has 0 aromatic carbocycles. The molecular formula is C22H31N3O4. The fourth-order valence-corrected chi connectivity index (χ4v) is 4.95. The molecule has 4 rings (SSSR count). The zero-order valence-corrected chi connectivity index (χ0v) is 17.4. The normalized spacial score (nSPS) is 30.1. The maximum atomic E-state index is 13.3. The van der Waals surface area contributed by atoms with E-state index in [0.717, 1.165) is 25.1 Å². The van der Waals surface area contributed by atoms with Gasteiger partial charge < -0.3 is 19.6 Å². The van der Waals surface area contributed by atoms with Gasteiger partial charge in [-0.1, -0.05) is 0 Å². The van der Waals surface area contributed by atoms with Crippen LogP contribution in [0.2, 0.25) is 0 Å². The highest BCUT2D eigenvalue weighted by atomic mass is 16.5. The Morgan fingerprint density at radius 1 is 1.14 bits per heavy atom. The third kappa shape index (κ3) is 3.97. The molecule has 1 aliphatic carbocycles. The molecule has 3 fully saturated rings. The summed E-state index contributed by atoms with van der Waals surface area (Å²) in [5.74, 6) is 0.833. The Morgan fingerprint density at radius 2 is 1.90 bits per heavy atom. The Hall–Kier alpha value is -2.15. The van der Waals surface area contributed by atoms with Crippen molar-refractivity contribution in [3.8, 4) is 5.88 Å². The lowest BCUT2D eigenvalue weighted by molar-refractivity contribution is -0.137. The Labute approximate surface area is 172 Å². The van der Waals surface area contributed by atoms with Crippen LogP contribution in [0.15, 0.2) is 18.3 Å². The Bertz CT molecular complexity index is 769. The quantitative estimate of drug-likeness (QED) is 0.820. The topological polar surface area (TPSA) is 83.0 Å². The van der Waals surface area contributed by atoms with Crippen LogP contribution in [-0.2, 0) is 9.59 Å². The number of amides is 2. The number of pyridine rings is 1. The van der Waals surface area contributed by atoms with Crippen LogP contribution in [-0.4, -0.2) is 58.1 Å². The molecule has 0 radical (unpaired) electrons. The molecule has 0 unspecified atom stereocenters. The van der Waals surface area contributed by atoms with Crippen molar-refractivity contribution in [3.05, 3.63) is 18.3 Å². The zero-order valence-electron chi connectivity index (χ0n) is 17.4. The molecule has 7 nitrogen and oxygen atoms in total. The SMILES string of the molecule is CC(C)Oc1ccc(N2CCC3(CCC(O)(CN4CCCC4=O)CC3)C2=O)cn1. The van der Waals surface area contributed by atoms with Gasteiger partial charge in [-0.2, -0.15) is 0 Å². The molecule has 7 heteroatoms. The number of aliphatic hydroxyl groups is 1. The summed E-state index contributed by atoms with van der Waals surface area (Å²) in [7, 11) is 0. The second kappa shape index (κ2) is 7.59. The van der Waals surface area contributed by atoms with Crippen LogP contribution in [0, 0.1) is 5.41 Å². The van der Waals surface area contributed by atoms with Crippen molar-refractivity contribution in [3.63, 3.8) is 0 Å². The minimum atomic E-state index is -0.865. The van der Waals surface area contributed by atoms with Crippen molar-refractivity contribution in [2.75, 3.05) is 24.5 Å². The molecule has 3 heterocycles. The van der Waals surface area contributed by atoms with Crippen molar-refractivity contribution in [2.24, 2.45) is 5.41 Å². The summed E-state index contributed by atoms with van der Waals surface area (Å²) in [5, 5.41) is 11.0. The van der Waals surface area contributed by atoms with Gasteiger partial charge in [-0.3, -0.25) is 9.59 Å². The number of ether oxygens (including phenoxy) is 1. The number of anilines is 1. The van der Waals surface area contributed by atoms with E-state index in [1.54, 1.807) is 17.2 Å². The predicted molar refractivity (Wildman–Crippen MR) is 109 cm³/mol. The number of aromatic nitrogens is 1. The van der Waals surface area contributed by atoms with E-state index in [1.807, 2.05) is 24.8 Å². The van der Waals surface area contributed by atoms with Crippen LogP contribution < -0.4 is 9.64 Å². The van der Waals surface area contributed by atoms with E-state index in [0.29, 0.717) is 51.1 Å². The lowest BCUT2D eigenvalue weighted by Crippen LogP contribution is -2.49. The Morgan fingerprint density at radius 3 is 2.48 bits per heavy atom. The van der Waals surface area contributed by atoms with Gasteiger partial charge in [0.05, 0.1) is 29.0 Å². The molecule has 0 bridgehead atoms. The number of hydrogen-bond donors (Lipinski definition) is 1. The van der Waals surface area contributed by atoms with E-state index in [2.05, 4.69) is 4.98 Å². The fourth-order valence-electron chi connectivity index (χ4n) is 4.95. The number of nitrogens with zero attached hydrogens (tertiary/aromatic N) is 3. The molecule has 1 spiro atoms. The van der Waals surface area contributed by atoms with Crippen molar-refractivity contribution < 1.29 is 19.4 Å². The van der Waals surface area contributed by atoms with Crippen LogP contribution in [0.5, 0.6) is 5.88 Å². The van der Waals surface area contributed by atoms with Crippen LogP contribution in [0.25, 0.3) is 0 Å². The minimum Gasteiger partial charge on any atom is -0.475 e. The second-order valence-corrected chi connectivity index (χ2v) is 9.15. The van der Waals surface area contributed by atoms with Gasteiger partial charge in [0, 0.05) is 32.1 Å². The molecule has 1 aromatic heterocycles. The first-order chi connectivity index (χ1) is 13.8. The van der Waals surface area contributed by atoms with E-state index in [9.17, 15) is 14.7 Å². The number of carbonyl (C=O) groups is 2. The van der Waals surface area contributed by atoms with Gasteiger partial charge in [0.1, 0.15) is 0 Å². The number of β-amino-alcohol motifs (C(OH)–C–C–N with tert-alkyl or cyclic N) is 1. The summed E-state index contributed by atoms with van der Waals surface area (Å²) in [5.41, 5.74) is -0.462. The molecule has 1 N–H and O–H groups in total. The van der Waals surface area contributed by atoms with Gasteiger partial charge >= 0.3 is 0 Å². The predicted octanol–water partition coefficient (Wildman–Crippen LogP) is 2.52. The van der Waals surface area contributed by atoms with Crippen molar-refractivity contribution in [2.45, 2.75) is 70.5 Å². The fraction of sp³-hybridized carbons (Fsp3) is 0.682. The minimum absolute atomic E-state index is 0.0573. The molecule has 158 valence electrons. The molecule has 2 amide bonds. The number of carbonyl (C=O) groups excluding carboxylic acids is 2. The lowest BCUT2D eigenvalue weighted by Gasteiger charge is -2.42. The van der Waals surface area contributed by atoms with Crippen LogP contribution in [0.4, 0.5) is 5.69 Å². The van der Waals surface area contributed by atoms with Gasteiger partial charge in [-0.05, 0) is 58.4 Å². The van der Waals surface area contributed by atoms with Crippen LogP contribution in [0.3, 0.4) is 0 Å². The molecule has 0 atom stereocenters.